The molecule has 0 saturated heterocycles. The van der Waals surface area contributed by atoms with Gasteiger partial charge in [0.15, 0.2) is 0 Å². The van der Waals surface area contributed by atoms with Crippen molar-refractivity contribution in [3.8, 4) is 0 Å². The van der Waals surface area contributed by atoms with Crippen LogP contribution in [0.4, 0.5) is 5.69 Å². The van der Waals surface area contributed by atoms with Gasteiger partial charge in [-0.15, -0.1) is 0 Å². The predicted octanol–water partition coefficient (Wildman–Crippen LogP) is 2.29. The minimum atomic E-state index is -0.915. The molecule has 0 aromatic heterocycles. The Hall–Kier alpha value is -1.40. The van der Waals surface area contributed by atoms with E-state index in [0.29, 0.717) is 18.5 Å². The van der Waals surface area contributed by atoms with Crippen LogP contribution in [0.1, 0.15) is 24.8 Å². The fourth-order valence-electron chi connectivity index (χ4n) is 2.16. The zero-order valence-corrected chi connectivity index (χ0v) is 12.8. The number of halogens is 1. The van der Waals surface area contributed by atoms with Crippen LogP contribution in [0, 0.1) is 6.92 Å². The van der Waals surface area contributed by atoms with Crippen LogP contribution in [-0.4, -0.2) is 29.1 Å². The Balaban J connectivity index is 1.91. The zero-order valence-electron chi connectivity index (χ0n) is 11.2. The summed E-state index contributed by atoms with van der Waals surface area (Å²) in [4.78, 5) is 23.0. The first-order valence-electron chi connectivity index (χ1n) is 6.47. The van der Waals surface area contributed by atoms with E-state index in [1.54, 1.807) is 0 Å². The highest BCUT2D eigenvalue weighted by molar-refractivity contribution is 9.10. The van der Waals surface area contributed by atoms with Crippen LogP contribution in [0.2, 0.25) is 0 Å². The summed E-state index contributed by atoms with van der Waals surface area (Å²) in [6.07, 6.45) is 2.03. The number of aryl methyl sites for hydroxylation is 1. The van der Waals surface area contributed by atoms with E-state index in [1.807, 2.05) is 25.1 Å². The van der Waals surface area contributed by atoms with Crippen molar-refractivity contribution in [2.24, 2.45) is 0 Å². The number of amides is 1. The molecule has 6 heteroatoms. The third kappa shape index (κ3) is 3.19. The first-order valence-corrected chi connectivity index (χ1v) is 7.27. The number of rotatable bonds is 5. The Kier molecular flexibility index (Phi) is 4.45. The molecule has 1 aromatic carbocycles. The molecule has 1 aromatic rings. The first kappa shape index (κ1) is 15.0. The van der Waals surface area contributed by atoms with Crippen LogP contribution >= 0.6 is 15.9 Å². The van der Waals surface area contributed by atoms with Crippen LogP contribution in [0.25, 0.3) is 0 Å². The second-order valence-corrected chi connectivity index (χ2v) is 5.98. The Morgan fingerprint density at radius 1 is 1.40 bits per heavy atom. The van der Waals surface area contributed by atoms with E-state index < -0.39 is 11.5 Å². The Bertz CT molecular complexity index is 541. The molecule has 1 amide bonds. The molecule has 0 radical (unpaired) electrons. The van der Waals surface area contributed by atoms with Crippen LogP contribution in [-0.2, 0) is 9.59 Å². The number of hydrogen-bond acceptors (Lipinski definition) is 3. The second-order valence-electron chi connectivity index (χ2n) is 5.13. The molecule has 0 unspecified atom stereocenters. The molecule has 0 heterocycles. The monoisotopic (exact) mass is 340 g/mol. The highest BCUT2D eigenvalue weighted by Gasteiger charge is 2.44. The number of carbonyl (C=O) groups excluding carboxylic acids is 1. The number of anilines is 1. The third-order valence-electron chi connectivity index (χ3n) is 3.60. The van der Waals surface area contributed by atoms with Crippen molar-refractivity contribution in [3.05, 3.63) is 28.2 Å². The number of hydrogen-bond donors (Lipinski definition) is 3. The van der Waals surface area contributed by atoms with Gasteiger partial charge in [-0.3, -0.25) is 14.9 Å². The second kappa shape index (κ2) is 5.93. The Morgan fingerprint density at radius 2 is 2.10 bits per heavy atom. The SMILES string of the molecule is Cc1ccc(NC(=O)CNC2(C(=O)O)CCC2)c(Br)c1. The van der Waals surface area contributed by atoms with Gasteiger partial charge in [0.2, 0.25) is 5.91 Å². The summed E-state index contributed by atoms with van der Waals surface area (Å²) in [6.45, 7) is 1.96. The quantitative estimate of drug-likeness (QED) is 0.768. The molecule has 1 aliphatic carbocycles. The molecule has 20 heavy (non-hydrogen) atoms. The number of carbonyl (C=O) groups is 2. The summed E-state index contributed by atoms with van der Waals surface area (Å²) in [5, 5.41) is 14.8. The lowest BCUT2D eigenvalue weighted by molar-refractivity contribution is -0.148. The van der Waals surface area contributed by atoms with Gasteiger partial charge in [-0.2, -0.15) is 0 Å². The molecule has 1 fully saturated rings. The summed E-state index contributed by atoms with van der Waals surface area (Å²) in [5.74, 6) is -1.13. The van der Waals surface area contributed by atoms with E-state index in [-0.39, 0.29) is 12.5 Å². The molecule has 3 N–H and O–H groups in total. The van der Waals surface area contributed by atoms with Crippen molar-refractivity contribution in [1.29, 1.82) is 0 Å². The molecule has 1 saturated carbocycles. The first-order chi connectivity index (χ1) is 9.43. The lowest BCUT2D eigenvalue weighted by Crippen LogP contribution is -2.58. The largest absolute Gasteiger partial charge is 0.480 e. The number of nitrogens with one attached hydrogen (secondary N) is 2. The lowest BCUT2D eigenvalue weighted by Gasteiger charge is -2.38. The maximum atomic E-state index is 11.9. The van der Waals surface area contributed by atoms with Crippen molar-refractivity contribution in [2.75, 3.05) is 11.9 Å². The third-order valence-corrected chi connectivity index (χ3v) is 4.26. The molecular formula is C14H17BrN2O3. The van der Waals surface area contributed by atoms with Crippen molar-refractivity contribution in [3.63, 3.8) is 0 Å². The van der Waals surface area contributed by atoms with Crippen LogP contribution in [0.5, 0.6) is 0 Å². The van der Waals surface area contributed by atoms with E-state index >= 15 is 0 Å². The fourth-order valence-corrected chi connectivity index (χ4v) is 2.75. The molecule has 108 valence electrons. The lowest BCUT2D eigenvalue weighted by atomic mass is 9.77. The summed E-state index contributed by atoms with van der Waals surface area (Å²) < 4.78 is 0.808. The fraction of sp³-hybridized carbons (Fsp3) is 0.429. The summed E-state index contributed by atoms with van der Waals surface area (Å²) in [7, 11) is 0. The van der Waals surface area contributed by atoms with E-state index in [4.69, 9.17) is 5.11 Å². The average molecular weight is 341 g/mol. The number of carboxylic acid groups (broad SMARTS) is 1. The van der Waals surface area contributed by atoms with Crippen LogP contribution < -0.4 is 10.6 Å². The maximum Gasteiger partial charge on any atom is 0.323 e. The van der Waals surface area contributed by atoms with E-state index in [0.717, 1.165) is 16.5 Å². The Morgan fingerprint density at radius 3 is 2.60 bits per heavy atom. The van der Waals surface area contributed by atoms with Gasteiger partial charge in [0.1, 0.15) is 5.54 Å². The highest BCUT2D eigenvalue weighted by Crippen LogP contribution is 2.31. The number of carboxylic acids is 1. The van der Waals surface area contributed by atoms with E-state index in [2.05, 4.69) is 26.6 Å². The summed E-state index contributed by atoms with van der Waals surface area (Å²) >= 11 is 3.39. The molecule has 5 nitrogen and oxygen atoms in total. The maximum absolute atomic E-state index is 11.9. The van der Waals surface area contributed by atoms with Crippen LogP contribution in [0.3, 0.4) is 0 Å². The van der Waals surface area contributed by atoms with Gasteiger partial charge >= 0.3 is 5.97 Å². The van der Waals surface area contributed by atoms with Gasteiger partial charge in [-0.05, 0) is 59.8 Å². The normalized spacial score (nSPS) is 16.3. The van der Waals surface area contributed by atoms with Crippen molar-refractivity contribution in [1.82, 2.24) is 5.32 Å². The van der Waals surface area contributed by atoms with E-state index in [1.165, 1.54) is 0 Å². The molecule has 0 bridgehead atoms. The predicted molar refractivity (Wildman–Crippen MR) is 79.7 cm³/mol. The zero-order chi connectivity index (χ0) is 14.8. The molecule has 0 spiro atoms. The van der Waals surface area contributed by atoms with Gasteiger partial charge in [-0.1, -0.05) is 6.07 Å². The summed E-state index contributed by atoms with van der Waals surface area (Å²) in [5.41, 5.74) is 0.856. The smallest absolute Gasteiger partial charge is 0.323 e. The summed E-state index contributed by atoms with van der Waals surface area (Å²) in [6, 6.07) is 5.62. The minimum absolute atomic E-state index is 0.00732. The van der Waals surface area contributed by atoms with Crippen molar-refractivity contribution < 1.29 is 14.7 Å². The number of aliphatic carboxylic acids is 1. The standard InChI is InChI=1S/C14H17BrN2O3/c1-9-3-4-11(10(15)7-9)17-12(18)8-16-14(13(19)20)5-2-6-14/h3-4,7,16H,2,5-6,8H2,1H3,(H,17,18)(H,19,20). The average Bonchev–Trinajstić information content (AvgIpc) is 2.31. The van der Waals surface area contributed by atoms with Gasteiger partial charge < -0.3 is 10.4 Å². The van der Waals surface area contributed by atoms with Crippen molar-refractivity contribution in [2.45, 2.75) is 31.7 Å². The molecule has 2 rings (SSSR count). The topological polar surface area (TPSA) is 78.4 Å². The minimum Gasteiger partial charge on any atom is -0.480 e. The molecule has 0 aliphatic heterocycles. The Labute approximate surface area is 125 Å². The van der Waals surface area contributed by atoms with Gasteiger partial charge in [-0.25, -0.2) is 0 Å². The molecular weight excluding hydrogens is 324 g/mol. The highest BCUT2D eigenvalue weighted by atomic mass is 79.9. The van der Waals surface area contributed by atoms with Gasteiger partial charge in [0.05, 0.1) is 12.2 Å². The van der Waals surface area contributed by atoms with Crippen LogP contribution in [0.15, 0.2) is 22.7 Å². The van der Waals surface area contributed by atoms with Crippen molar-refractivity contribution >= 4 is 33.5 Å². The van der Waals surface area contributed by atoms with Gasteiger partial charge in [0, 0.05) is 4.47 Å². The van der Waals surface area contributed by atoms with Gasteiger partial charge in [0.25, 0.3) is 0 Å². The van der Waals surface area contributed by atoms with E-state index in [9.17, 15) is 9.59 Å². The number of benzene rings is 1. The molecule has 0 atom stereocenters. The molecule has 1 aliphatic rings.